The highest BCUT2D eigenvalue weighted by Crippen LogP contribution is 2.18. The van der Waals surface area contributed by atoms with Gasteiger partial charge < -0.3 is 15.4 Å². The molecule has 23 heavy (non-hydrogen) atoms. The second kappa shape index (κ2) is 8.82. The Hall–Kier alpha value is -1.69. The molecule has 0 fully saturated rings. The van der Waals surface area contributed by atoms with Crippen LogP contribution in [0.3, 0.4) is 0 Å². The van der Waals surface area contributed by atoms with E-state index in [1.807, 2.05) is 27.7 Å². The molecule has 0 saturated carbocycles. The lowest BCUT2D eigenvalue weighted by Crippen LogP contribution is -2.43. The van der Waals surface area contributed by atoms with Gasteiger partial charge in [-0.15, -0.1) is 0 Å². The average molecular weight is 328 g/mol. The fraction of sp³-hybridized carbons (Fsp3) is 0.588. The second-order valence-electron chi connectivity index (χ2n) is 6.42. The first-order valence-electron chi connectivity index (χ1n) is 7.78. The van der Waals surface area contributed by atoms with Gasteiger partial charge in [0.2, 0.25) is 0 Å². The minimum absolute atomic E-state index is 0.0202. The topological polar surface area (TPSA) is 50.4 Å². The highest BCUT2D eigenvalue weighted by Gasteiger charge is 2.18. The molecule has 2 N–H and O–H groups in total. The maximum absolute atomic E-state index is 12.5. The first kappa shape index (κ1) is 19.4. The van der Waals surface area contributed by atoms with Crippen molar-refractivity contribution in [3.8, 4) is 0 Å². The predicted molar refractivity (Wildman–Crippen MR) is 86.6 cm³/mol. The Bertz CT molecular complexity index is 484. The zero-order valence-electron chi connectivity index (χ0n) is 14.2. The number of benzene rings is 1. The van der Waals surface area contributed by atoms with E-state index in [1.54, 1.807) is 12.1 Å². The van der Waals surface area contributed by atoms with E-state index < -0.39 is 18.1 Å². The zero-order valence-corrected chi connectivity index (χ0v) is 14.2. The molecule has 0 bridgehead atoms. The lowest BCUT2D eigenvalue weighted by Gasteiger charge is -2.23. The molecule has 0 spiro atoms. The number of carbonyl (C=O) groups is 1. The fourth-order valence-corrected chi connectivity index (χ4v) is 1.94. The molecule has 0 aromatic heterocycles. The van der Waals surface area contributed by atoms with Crippen molar-refractivity contribution in [3.63, 3.8) is 0 Å². The van der Waals surface area contributed by atoms with Crippen LogP contribution in [-0.4, -0.2) is 24.3 Å². The number of hydrogen-bond donors (Lipinski definition) is 2. The number of ether oxygens (including phenoxy) is 1. The first-order chi connectivity index (χ1) is 10.7. The number of halogens is 2. The van der Waals surface area contributed by atoms with Crippen molar-refractivity contribution >= 4 is 6.09 Å². The largest absolute Gasteiger partial charge is 0.444 e. The van der Waals surface area contributed by atoms with Gasteiger partial charge >= 0.3 is 6.09 Å². The third kappa shape index (κ3) is 7.93. The fourth-order valence-electron chi connectivity index (χ4n) is 1.94. The third-order valence-electron chi connectivity index (χ3n) is 3.17. The molecule has 4 nitrogen and oxygen atoms in total. The monoisotopic (exact) mass is 328 g/mol. The molecule has 1 atom stereocenters. The minimum atomic E-state index is -2.44. The van der Waals surface area contributed by atoms with Gasteiger partial charge in [0.25, 0.3) is 6.43 Å². The van der Waals surface area contributed by atoms with Crippen LogP contribution in [0, 0.1) is 0 Å². The van der Waals surface area contributed by atoms with Gasteiger partial charge in [0.05, 0.1) is 0 Å². The molecule has 1 unspecified atom stereocenters. The summed E-state index contributed by atoms with van der Waals surface area (Å²) in [5.41, 5.74) is 0.413. The van der Waals surface area contributed by atoms with Gasteiger partial charge in [0, 0.05) is 24.7 Å². The van der Waals surface area contributed by atoms with Crippen molar-refractivity contribution in [1.29, 1.82) is 0 Å². The molecule has 1 aromatic carbocycles. The molecular formula is C17H26F2N2O2. The number of hydrogen-bond acceptors (Lipinski definition) is 3. The van der Waals surface area contributed by atoms with Crippen LogP contribution < -0.4 is 10.6 Å². The van der Waals surface area contributed by atoms with Gasteiger partial charge in [-0.05, 0) is 32.8 Å². The van der Waals surface area contributed by atoms with E-state index in [-0.39, 0.29) is 11.6 Å². The highest BCUT2D eigenvalue weighted by molar-refractivity contribution is 5.68. The minimum Gasteiger partial charge on any atom is -0.444 e. The summed E-state index contributed by atoms with van der Waals surface area (Å²) in [6.45, 7) is 8.54. The molecule has 0 radical (unpaired) electrons. The van der Waals surface area contributed by atoms with Crippen LogP contribution in [-0.2, 0) is 11.3 Å². The summed E-state index contributed by atoms with van der Waals surface area (Å²) in [6, 6.07) is 6.16. The number of alkyl carbamates (subject to hydrolysis) is 1. The second-order valence-corrected chi connectivity index (χ2v) is 6.42. The Kier molecular flexibility index (Phi) is 7.42. The van der Waals surface area contributed by atoms with Crippen molar-refractivity contribution in [1.82, 2.24) is 10.6 Å². The van der Waals surface area contributed by atoms with Gasteiger partial charge in [-0.2, -0.15) is 0 Å². The van der Waals surface area contributed by atoms with Crippen molar-refractivity contribution in [2.75, 3.05) is 6.54 Å². The lowest BCUT2D eigenvalue weighted by molar-refractivity contribution is 0.0502. The molecule has 0 aliphatic rings. The van der Waals surface area contributed by atoms with Crippen LogP contribution in [0.15, 0.2) is 24.3 Å². The molecule has 0 saturated heterocycles. The van der Waals surface area contributed by atoms with Crippen molar-refractivity contribution < 1.29 is 18.3 Å². The van der Waals surface area contributed by atoms with Crippen LogP contribution in [0.5, 0.6) is 0 Å². The third-order valence-corrected chi connectivity index (χ3v) is 3.17. The Morgan fingerprint density at radius 3 is 2.30 bits per heavy atom. The van der Waals surface area contributed by atoms with Crippen molar-refractivity contribution in [2.45, 2.75) is 58.7 Å². The lowest BCUT2D eigenvalue weighted by atomic mass is 10.1. The Balaban J connectivity index is 2.38. The van der Waals surface area contributed by atoms with E-state index in [1.165, 1.54) is 12.1 Å². The Morgan fingerprint density at radius 1 is 1.22 bits per heavy atom. The van der Waals surface area contributed by atoms with Crippen molar-refractivity contribution in [2.24, 2.45) is 0 Å². The van der Waals surface area contributed by atoms with Crippen LogP contribution in [0.2, 0.25) is 0 Å². The summed E-state index contributed by atoms with van der Waals surface area (Å²) in [4.78, 5) is 11.7. The van der Waals surface area contributed by atoms with Gasteiger partial charge in [0.1, 0.15) is 5.60 Å². The maximum atomic E-state index is 12.5. The number of rotatable bonds is 7. The van der Waals surface area contributed by atoms with Crippen LogP contribution in [0.25, 0.3) is 0 Å². The quantitative estimate of drug-likeness (QED) is 0.795. The molecule has 6 heteroatoms. The summed E-state index contributed by atoms with van der Waals surface area (Å²) in [5, 5.41) is 6.02. The number of amides is 1. The number of nitrogens with one attached hydrogen (secondary N) is 2. The smallest absolute Gasteiger partial charge is 0.407 e. The highest BCUT2D eigenvalue weighted by atomic mass is 19.3. The van der Waals surface area contributed by atoms with Gasteiger partial charge in [-0.3, -0.25) is 0 Å². The molecule has 0 heterocycles. The molecule has 130 valence electrons. The van der Waals surface area contributed by atoms with Gasteiger partial charge in [0.15, 0.2) is 0 Å². The summed E-state index contributed by atoms with van der Waals surface area (Å²) < 4.78 is 30.2. The predicted octanol–water partition coefficient (Wildman–Crippen LogP) is 4.02. The van der Waals surface area contributed by atoms with Gasteiger partial charge in [-0.25, -0.2) is 13.6 Å². The summed E-state index contributed by atoms with van der Waals surface area (Å²) in [6.07, 6.45) is -2.12. The molecule has 0 aliphatic heterocycles. The zero-order chi connectivity index (χ0) is 17.5. The van der Waals surface area contributed by atoms with E-state index in [0.29, 0.717) is 13.1 Å². The summed E-state index contributed by atoms with van der Waals surface area (Å²) >= 11 is 0. The molecule has 1 rings (SSSR count). The summed E-state index contributed by atoms with van der Waals surface area (Å²) in [5.74, 6) is 0. The van der Waals surface area contributed by atoms with E-state index in [0.717, 1.165) is 12.0 Å². The standard InChI is InChI=1S/C17H26F2N2O2/c1-5-14(21-16(22)23-17(2,3)4)11-20-10-12-6-8-13(9-7-12)15(18)19/h6-9,14-15,20H,5,10-11H2,1-4H3,(H,21,22). The average Bonchev–Trinajstić information content (AvgIpc) is 2.44. The van der Waals surface area contributed by atoms with Crippen LogP contribution in [0.4, 0.5) is 13.6 Å². The normalized spacial score (nSPS) is 13.0. The first-order valence-corrected chi connectivity index (χ1v) is 7.78. The molecule has 0 aliphatic carbocycles. The van der Waals surface area contributed by atoms with E-state index in [2.05, 4.69) is 10.6 Å². The SMILES string of the molecule is CCC(CNCc1ccc(C(F)F)cc1)NC(=O)OC(C)(C)C. The van der Waals surface area contributed by atoms with E-state index >= 15 is 0 Å². The number of alkyl halides is 2. The van der Waals surface area contributed by atoms with Gasteiger partial charge in [-0.1, -0.05) is 31.2 Å². The van der Waals surface area contributed by atoms with E-state index in [9.17, 15) is 13.6 Å². The number of carbonyl (C=O) groups excluding carboxylic acids is 1. The Morgan fingerprint density at radius 2 is 1.83 bits per heavy atom. The van der Waals surface area contributed by atoms with Crippen molar-refractivity contribution in [3.05, 3.63) is 35.4 Å². The molecular weight excluding hydrogens is 302 g/mol. The molecule has 1 aromatic rings. The molecule has 1 amide bonds. The summed E-state index contributed by atoms with van der Waals surface area (Å²) in [7, 11) is 0. The Labute approximate surface area is 136 Å². The van der Waals surface area contributed by atoms with Crippen LogP contribution in [0.1, 0.15) is 51.7 Å². The maximum Gasteiger partial charge on any atom is 0.407 e. The van der Waals surface area contributed by atoms with Crippen LogP contribution >= 0.6 is 0 Å². The van der Waals surface area contributed by atoms with E-state index in [4.69, 9.17) is 4.74 Å².